The zero-order valence-electron chi connectivity index (χ0n) is 16.3. The van der Waals surface area contributed by atoms with E-state index < -0.39 is 0 Å². The van der Waals surface area contributed by atoms with Crippen molar-refractivity contribution >= 4 is 17.4 Å². The van der Waals surface area contributed by atoms with E-state index in [4.69, 9.17) is 14.2 Å². The lowest BCUT2D eigenvalue weighted by atomic mass is 10.1. The molecule has 0 aliphatic heterocycles. The van der Waals surface area contributed by atoms with Gasteiger partial charge in [0.1, 0.15) is 5.82 Å². The van der Waals surface area contributed by atoms with Crippen LogP contribution in [0.5, 0.6) is 17.2 Å². The fraction of sp³-hybridized carbons (Fsp3) is 0.400. The number of carbonyl (C=O) groups excluding carboxylic acids is 1. The molecule has 0 aliphatic carbocycles. The summed E-state index contributed by atoms with van der Waals surface area (Å²) in [6, 6.07) is 6.86. The molecule has 0 fully saturated rings. The van der Waals surface area contributed by atoms with Crippen LogP contribution in [0.25, 0.3) is 0 Å². The molecule has 0 saturated carbocycles. The van der Waals surface area contributed by atoms with Crippen LogP contribution in [0.2, 0.25) is 0 Å². The molecule has 0 radical (unpaired) electrons. The zero-order chi connectivity index (χ0) is 19.6. The van der Waals surface area contributed by atoms with Crippen molar-refractivity contribution in [3.8, 4) is 17.2 Å². The Morgan fingerprint density at radius 1 is 1.04 bits per heavy atom. The van der Waals surface area contributed by atoms with Crippen LogP contribution in [0.3, 0.4) is 0 Å². The number of benzene rings is 1. The van der Waals surface area contributed by atoms with Gasteiger partial charge in [0, 0.05) is 12.1 Å². The second-order valence-corrected chi connectivity index (χ2v) is 5.93. The number of ether oxygens (including phenoxy) is 3. The summed E-state index contributed by atoms with van der Waals surface area (Å²) in [5.41, 5.74) is 0.999. The summed E-state index contributed by atoms with van der Waals surface area (Å²) < 4.78 is 15.8. The largest absolute Gasteiger partial charge is 0.493 e. The van der Waals surface area contributed by atoms with Crippen LogP contribution in [0, 0.1) is 0 Å². The normalized spacial score (nSPS) is 10.2. The molecule has 1 aromatic carbocycles. The molecule has 2 N–H and O–H groups in total. The summed E-state index contributed by atoms with van der Waals surface area (Å²) in [5, 5.41) is 6.08. The Morgan fingerprint density at radius 3 is 2.26 bits per heavy atom. The Bertz CT molecular complexity index is 722. The van der Waals surface area contributed by atoms with E-state index in [1.807, 2.05) is 12.1 Å². The topological polar surface area (TPSA) is 81.7 Å². The van der Waals surface area contributed by atoms with Crippen molar-refractivity contribution in [2.24, 2.45) is 0 Å². The molecule has 7 heteroatoms. The van der Waals surface area contributed by atoms with Crippen LogP contribution in [0.4, 0.5) is 11.5 Å². The number of unbranched alkanes of at least 4 members (excludes halogenated alkanes) is 2. The van der Waals surface area contributed by atoms with Gasteiger partial charge in [-0.3, -0.25) is 4.79 Å². The number of methoxy groups -OCH3 is 3. The van der Waals surface area contributed by atoms with Crippen LogP contribution in [0.1, 0.15) is 36.5 Å². The first-order chi connectivity index (χ1) is 13.1. The standard InChI is InChI=1S/C20H27N3O4/c1-5-6-7-10-21-18-9-8-15(13-22-18)23-20(24)14-11-16(25-2)19(27-4)17(12-14)26-3/h8-9,11-13H,5-7,10H2,1-4H3,(H,21,22)(H,23,24). The Kier molecular flexibility index (Phi) is 7.73. The van der Waals surface area contributed by atoms with E-state index in [1.165, 1.54) is 34.2 Å². The summed E-state index contributed by atoms with van der Waals surface area (Å²) in [7, 11) is 4.54. The minimum Gasteiger partial charge on any atom is -0.493 e. The van der Waals surface area contributed by atoms with E-state index in [2.05, 4.69) is 22.5 Å². The Balaban J connectivity index is 2.06. The number of nitrogens with zero attached hydrogens (tertiary/aromatic N) is 1. The second kappa shape index (κ2) is 10.3. The van der Waals surface area contributed by atoms with Crippen molar-refractivity contribution < 1.29 is 19.0 Å². The highest BCUT2D eigenvalue weighted by molar-refractivity contribution is 6.05. The first-order valence-electron chi connectivity index (χ1n) is 8.94. The van der Waals surface area contributed by atoms with Crippen LogP contribution in [-0.2, 0) is 0 Å². The van der Waals surface area contributed by atoms with E-state index in [9.17, 15) is 4.79 Å². The molecule has 0 bridgehead atoms. The Hall–Kier alpha value is -2.96. The molecule has 27 heavy (non-hydrogen) atoms. The molecule has 146 valence electrons. The number of anilines is 2. The van der Waals surface area contributed by atoms with Gasteiger partial charge in [-0.15, -0.1) is 0 Å². The van der Waals surface area contributed by atoms with Gasteiger partial charge in [-0.2, -0.15) is 0 Å². The number of hydrogen-bond donors (Lipinski definition) is 2. The third kappa shape index (κ3) is 5.51. The monoisotopic (exact) mass is 373 g/mol. The Morgan fingerprint density at radius 2 is 1.74 bits per heavy atom. The van der Waals surface area contributed by atoms with Crippen molar-refractivity contribution in [3.63, 3.8) is 0 Å². The predicted octanol–water partition coefficient (Wildman–Crippen LogP) is 3.96. The van der Waals surface area contributed by atoms with Crippen LogP contribution in [0.15, 0.2) is 30.5 Å². The molecule has 1 heterocycles. The average Bonchev–Trinajstić information content (AvgIpc) is 2.71. The molecule has 0 saturated heterocycles. The lowest BCUT2D eigenvalue weighted by molar-refractivity contribution is 0.102. The number of pyridine rings is 1. The van der Waals surface area contributed by atoms with Crippen molar-refractivity contribution in [2.45, 2.75) is 26.2 Å². The van der Waals surface area contributed by atoms with E-state index in [0.717, 1.165) is 18.8 Å². The Labute approximate surface area is 160 Å². The van der Waals surface area contributed by atoms with Crippen LogP contribution in [-0.4, -0.2) is 38.8 Å². The van der Waals surface area contributed by atoms with Crippen molar-refractivity contribution in [1.82, 2.24) is 4.98 Å². The number of carbonyl (C=O) groups is 1. The van der Waals surface area contributed by atoms with Gasteiger partial charge in [-0.1, -0.05) is 19.8 Å². The van der Waals surface area contributed by atoms with Gasteiger partial charge in [0.2, 0.25) is 5.75 Å². The molecular formula is C20H27N3O4. The van der Waals surface area contributed by atoms with Gasteiger partial charge in [-0.25, -0.2) is 4.98 Å². The molecule has 0 spiro atoms. The summed E-state index contributed by atoms with van der Waals surface area (Å²) in [6.07, 6.45) is 5.10. The average molecular weight is 373 g/mol. The van der Waals surface area contributed by atoms with Gasteiger partial charge >= 0.3 is 0 Å². The summed E-state index contributed by atoms with van der Waals surface area (Å²) in [6.45, 7) is 3.06. The molecule has 0 aliphatic rings. The van der Waals surface area contributed by atoms with Gasteiger partial charge in [0.05, 0.1) is 33.2 Å². The third-order valence-electron chi connectivity index (χ3n) is 4.03. The fourth-order valence-electron chi connectivity index (χ4n) is 2.58. The molecule has 0 unspecified atom stereocenters. The number of aromatic nitrogens is 1. The fourth-order valence-corrected chi connectivity index (χ4v) is 2.58. The van der Waals surface area contributed by atoms with Gasteiger partial charge < -0.3 is 24.8 Å². The molecule has 2 rings (SSSR count). The maximum atomic E-state index is 12.6. The molecular weight excluding hydrogens is 346 g/mol. The predicted molar refractivity (Wildman–Crippen MR) is 106 cm³/mol. The minimum absolute atomic E-state index is 0.292. The van der Waals surface area contributed by atoms with E-state index in [-0.39, 0.29) is 5.91 Å². The minimum atomic E-state index is -0.292. The highest BCUT2D eigenvalue weighted by Gasteiger charge is 2.17. The van der Waals surface area contributed by atoms with Crippen molar-refractivity contribution in [2.75, 3.05) is 38.5 Å². The van der Waals surface area contributed by atoms with Gasteiger partial charge in [0.15, 0.2) is 11.5 Å². The third-order valence-corrected chi connectivity index (χ3v) is 4.03. The molecule has 7 nitrogen and oxygen atoms in total. The van der Waals surface area contributed by atoms with Gasteiger partial charge in [0.25, 0.3) is 5.91 Å². The maximum absolute atomic E-state index is 12.6. The van der Waals surface area contributed by atoms with E-state index >= 15 is 0 Å². The first-order valence-corrected chi connectivity index (χ1v) is 8.94. The van der Waals surface area contributed by atoms with Gasteiger partial charge in [-0.05, 0) is 30.7 Å². The maximum Gasteiger partial charge on any atom is 0.255 e. The summed E-state index contributed by atoms with van der Waals surface area (Å²) in [4.78, 5) is 16.9. The van der Waals surface area contributed by atoms with E-state index in [1.54, 1.807) is 18.3 Å². The highest BCUT2D eigenvalue weighted by atomic mass is 16.5. The van der Waals surface area contributed by atoms with Crippen molar-refractivity contribution in [1.29, 1.82) is 0 Å². The molecule has 1 aromatic heterocycles. The van der Waals surface area contributed by atoms with Crippen molar-refractivity contribution in [3.05, 3.63) is 36.0 Å². The van der Waals surface area contributed by atoms with E-state index in [0.29, 0.717) is 28.5 Å². The number of amides is 1. The first kappa shape index (κ1) is 20.4. The number of nitrogens with one attached hydrogen (secondary N) is 2. The number of rotatable bonds is 10. The summed E-state index contributed by atoms with van der Waals surface area (Å²) in [5.74, 6) is 1.78. The SMILES string of the molecule is CCCCCNc1ccc(NC(=O)c2cc(OC)c(OC)c(OC)c2)cn1. The molecule has 0 atom stereocenters. The zero-order valence-corrected chi connectivity index (χ0v) is 16.3. The van der Waals surface area contributed by atoms with Crippen LogP contribution < -0.4 is 24.8 Å². The quantitative estimate of drug-likeness (QED) is 0.614. The second-order valence-electron chi connectivity index (χ2n) is 5.93. The molecule has 1 amide bonds. The lowest BCUT2D eigenvalue weighted by Crippen LogP contribution is -2.13. The summed E-state index contributed by atoms with van der Waals surface area (Å²) >= 11 is 0. The lowest BCUT2D eigenvalue weighted by Gasteiger charge is -2.14. The smallest absolute Gasteiger partial charge is 0.255 e. The highest BCUT2D eigenvalue weighted by Crippen LogP contribution is 2.38. The molecule has 2 aromatic rings. The number of hydrogen-bond acceptors (Lipinski definition) is 6. The van der Waals surface area contributed by atoms with Crippen LogP contribution >= 0.6 is 0 Å².